The van der Waals surface area contributed by atoms with Gasteiger partial charge in [-0.15, -0.1) is 0 Å². The number of nitrogens with zero attached hydrogens (tertiary/aromatic N) is 4. The fourth-order valence-corrected chi connectivity index (χ4v) is 3.50. The maximum Gasteiger partial charge on any atom is 0.433 e. The molecule has 0 bridgehead atoms. The lowest BCUT2D eigenvalue weighted by molar-refractivity contribution is -0.154. The zero-order chi connectivity index (χ0) is 23.0. The van der Waals surface area contributed by atoms with Gasteiger partial charge in [0.2, 0.25) is 18.3 Å². The minimum Gasteiger partial charge on any atom is -0.395 e. The van der Waals surface area contributed by atoms with Gasteiger partial charge in [0.25, 0.3) is 0 Å². The van der Waals surface area contributed by atoms with Crippen molar-refractivity contribution in [2.24, 2.45) is 11.8 Å². The summed E-state index contributed by atoms with van der Waals surface area (Å²) in [5, 5.41) is 18.9. The molecule has 1 aliphatic rings. The highest BCUT2D eigenvalue weighted by atomic mass is 19.4. The second-order valence-corrected chi connectivity index (χ2v) is 7.50. The highest BCUT2D eigenvalue weighted by molar-refractivity contribution is 5.80. The first kappa shape index (κ1) is 24.6. The number of hydroxylamine groups is 2. The maximum absolute atomic E-state index is 13.2. The van der Waals surface area contributed by atoms with E-state index in [2.05, 4.69) is 20.8 Å². The van der Waals surface area contributed by atoms with E-state index >= 15 is 0 Å². The van der Waals surface area contributed by atoms with Gasteiger partial charge in [-0.25, -0.2) is 10.0 Å². The number of hydrogen-bond donors (Lipinski definition) is 4. The van der Waals surface area contributed by atoms with Crippen molar-refractivity contribution in [3.05, 3.63) is 11.8 Å². The Hall–Kier alpha value is -2.67. The number of halogens is 3. The Labute approximate surface area is 177 Å². The van der Waals surface area contributed by atoms with Crippen LogP contribution in [0.5, 0.6) is 0 Å². The fourth-order valence-electron chi connectivity index (χ4n) is 3.50. The van der Waals surface area contributed by atoms with Crippen LogP contribution < -0.4 is 15.8 Å². The third-order valence-electron chi connectivity index (χ3n) is 5.12. The highest BCUT2D eigenvalue weighted by Gasteiger charge is 2.34. The van der Waals surface area contributed by atoms with Crippen molar-refractivity contribution in [2.75, 3.05) is 37.1 Å². The number of alkyl halides is 3. The molecule has 2 rings (SSSR count). The van der Waals surface area contributed by atoms with Crippen molar-refractivity contribution >= 4 is 24.1 Å². The average molecular weight is 448 g/mol. The number of aliphatic hydroxyl groups excluding tert-OH is 1. The molecule has 0 spiro atoms. The summed E-state index contributed by atoms with van der Waals surface area (Å²) < 4.78 is 39.6. The number of amides is 2. The van der Waals surface area contributed by atoms with E-state index < -0.39 is 29.6 Å². The molecule has 1 atom stereocenters. The molecule has 1 aromatic heterocycles. The molecule has 0 radical (unpaired) electrons. The molecule has 1 fully saturated rings. The van der Waals surface area contributed by atoms with E-state index in [1.807, 2.05) is 0 Å². The second kappa shape index (κ2) is 11.1. The van der Waals surface area contributed by atoms with E-state index in [0.717, 1.165) is 31.7 Å². The second-order valence-electron chi connectivity index (χ2n) is 7.50. The number of rotatable bonds is 11. The number of carbonyl (C=O) groups excluding carboxylic acids is 2. The normalized spacial score (nSPS) is 15.4. The van der Waals surface area contributed by atoms with Crippen LogP contribution in [0, 0.1) is 11.8 Å². The number of likely N-dealkylation sites (N-methyl/N-ethyl adjacent to an activating group) is 1. The van der Waals surface area contributed by atoms with Crippen LogP contribution in [0.25, 0.3) is 0 Å². The highest BCUT2D eigenvalue weighted by Crippen LogP contribution is 2.31. The average Bonchev–Trinajstić information content (AvgIpc) is 3.23. The predicted molar refractivity (Wildman–Crippen MR) is 104 cm³/mol. The van der Waals surface area contributed by atoms with Crippen LogP contribution in [0.15, 0.2) is 6.07 Å². The monoisotopic (exact) mass is 448 g/mol. The van der Waals surface area contributed by atoms with E-state index in [1.165, 1.54) is 11.9 Å². The summed E-state index contributed by atoms with van der Waals surface area (Å²) in [6.07, 6.45) is -0.202. The fraction of sp³-hybridized carbons (Fsp3) is 0.667. The first-order valence-corrected chi connectivity index (χ1v) is 9.89. The van der Waals surface area contributed by atoms with Gasteiger partial charge in [0.1, 0.15) is 5.82 Å². The zero-order valence-electron chi connectivity index (χ0n) is 17.1. The SMILES string of the molecule is CN(CCO)c1cc(C(F)(F)F)nc(NNC(=O)C(CC2CCCC2)CN(O)C=O)n1. The smallest absolute Gasteiger partial charge is 0.395 e. The lowest BCUT2D eigenvalue weighted by Gasteiger charge is -2.23. The topological polar surface area (TPSA) is 131 Å². The molecule has 4 N–H and O–H groups in total. The summed E-state index contributed by atoms with van der Waals surface area (Å²) in [6, 6.07) is 0.735. The molecule has 1 aromatic rings. The Morgan fingerprint density at radius 3 is 2.61 bits per heavy atom. The van der Waals surface area contributed by atoms with Crippen molar-refractivity contribution in [3.8, 4) is 0 Å². The van der Waals surface area contributed by atoms with Gasteiger partial charge >= 0.3 is 6.18 Å². The lowest BCUT2D eigenvalue weighted by Crippen LogP contribution is -2.41. The molecule has 31 heavy (non-hydrogen) atoms. The number of aromatic nitrogens is 2. The summed E-state index contributed by atoms with van der Waals surface area (Å²) in [7, 11) is 1.45. The third kappa shape index (κ3) is 7.51. The number of hydrogen-bond acceptors (Lipinski definition) is 8. The van der Waals surface area contributed by atoms with Crippen molar-refractivity contribution in [1.29, 1.82) is 0 Å². The first-order chi connectivity index (χ1) is 14.6. The minimum absolute atomic E-state index is 0.0433. The van der Waals surface area contributed by atoms with Crippen LogP contribution in [-0.4, -0.2) is 64.4 Å². The molecule has 2 amide bonds. The number of nitrogens with one attached hydrogen (secondary N) is 2. The van der Waals surface area contributed by atoms with Gasteiger partial charge in [-0.1, -0.05) is 25.7 Å². The van der Waals surface area contributed by atoms with E-state index in [1.54, 1.807) is 0 Å². The predicted octanol–water partition coefficient (Wildman–Crippen LogP) is 1.41. The molecule has 0 aromatic carbocycles. The molecule has 174 valence electrons. The Morgan fingerprint density at radius 2 is 2.03 bits per heavy atom. The molecule has 1 unspecified atom stereocenters. The maximum atomic E-state index is 13.2. The number of aliphatic hydroxyl groups is 1. The minimum atomic E-state index is -4.75. The van der Waals surface area contributed by atoms with Crippen LogP contribution in [0.1, 0.15) is 37.8 Å². The summed E-state index contributed by atoms with van der Waals surface area (Å²) in [5.41, 5.74) is 3.35. The van der Waals surface area contributed by atoms with E-state index in [-0.39, 0.29) is 37.8 Å². The molecule has 13 heteroatoms. The molecular formula is C18H27F3N6O4. The molecule has 0 saturated heterocycles. The molecule has 1 aliphatic carbocycles. The summed E-state index contributed by atoms with van der Waals surface area (Å²) in [5.74, 6) is -1.71. The summed E-state index contributed by atoms with van der Waals surface area (Å²) in [6.45, 7) is -0.498. The van der Waals surface area contributed by atoms with Crippen LogP contribution in [0.4, 0.5) is 24.9 Å². The van der Waals surface area contributed by atoms with E-state index in [4.69, 9.17) is 5.11 Å². The molecular weight excluding hydrogens is 421 g/mol. The lowest BCUT2D eigenvalue weighted by atomic mass is 9.92. The summed E-state index contributed by atoms with van der Waals surface area (Å²) in [4.78, 5) is 32.0. The van der Waals surface area contributed by atoms with Crippen LogP contribution in [0.2, 0.25) is 0 Å². The van der Waals surface area contributed by atoms with E-state index in [9.17, 15) is 28.0 Å². The zero-order valence-corrected chi connectivity index (χ0v) is 17.1. The van der Waals surface area contributed by atoms with Gasteiger partial charge in [-0.2, -0.15) is 18.2 Å². The quantitative estimate of drug-likeness (QED) is 0.227. The van der Waals surface area contributed by atoms with Gasteiger partial charge < -0.3 is 10.0 Å². The molecule has 0 aliphatic heterocycles. The van der Waals surface area contributed by atoms with Crippen LogP contribution in [0.3, 0.4) is 0 Å². The van der Waals surface area contributed by atoms with E-state index in [0.29, 0.717) is 11.5 Å². The van der Waals surface area contributed by atoms with Gasteiger partial charge in [-0.05, 0) is 12.3 Å². The van der Waals surface area contributed by atoms with Crippen LogP contribution >= 0.6 is 0 Å². The number of carbonyl (C=O) groups is 2. The standard InChI is InChI=1S/C18H27F3N6O4/c1-26(6-7-28)15-9-14(18(19,20)21)22-17(23-15)25-24-16(30)13(10-27(31)11-29)8-12-4-2-3-5-12/h9,11-13,28,31H,2-8,10H2,1H3,(H,24,30)(H,22,23,25). The van der Waals surface area contributed by atoms with Gasteiger partial charge in [-0.3, -0.25) is 25.6 Å². The van der Waals surface area contributed by atoms with Crippen molar-refractivity contribution in [1.82, 2.24) is 20.5 Å². The third-order valence-corrected chi connectivity index (χ3v) is 5.12. The molecule has 1 saturated carbocycles. The Bertz CT molecular complexity index is 745. The Kier molecular flexibility index (Phi) is 8.80. The van der Waals surface area contributed by atoms with Crippen molar-refractivity contribution < 1.29 is 33.1 Å². The van der Waals surface area contributed by atoms with Crippen LogP contribution in [-0.2, 0) is 15.8 Å². The molecule has 10 nitrogen and oxygen atoms in total. The largest absolute Gasteiger partial charge is 0.433 e. The van der Waals surface area contributed by atoms with Crippen molar-refractivity contribution in [3.63, 3.8) is 0 Å². The molecule has 1 heterocycles. The van der Waals surface area contributed by atoms with Crippen molar-refractivity contribution in [2.45, 2.75) is 38.3 Å². The Balaban J connectivity index is 2.14. The number of anilines is 2. The number of hydrazine groups is 1. The first-order valence-electron chi connectivity index (χ1n) is 9.89. The van der Waals surface area contributed by atoms with Gasteiger partial charge in [0.15, 0.2) is 5.69 Å². The van der Waals surface area contributed by atoms with Gasteiger partial charge in [0, 0.05) is 19.7 Å². The Morgan fingerprint density at radius 1 is 1.35 bits per heavy atom. The van der Waals surface area contributed by atoms with Gasteiger partial charge in [0.05, 0.1) is 19.1 Å². The summed E-state index contributed by atoms with van der Waals surface area (Å²) >= 11 is 0.